The van der Waals surface area contributed by atoms with Gasteiger partial charge in [0.25, 0.3) is 0 Å². The topological polar surface area (TPSA) is 20.3 Å². The molecule has 0 spiro atoms. The minimum Gasteiger partial charge on any atom is -0.332 e. The Bertz CT molecular complexity index is 550. The van der Waals surface area contributed by atoms with Crippen molar-refractivity contribution in [3.8, 4) is 0 Å². The number of amides is 1. The van der Waals surface area contributed by atoms with Gasteiger partial charge in [0.2, 0.25) is 5.91 Å². The lowest BCUT2D eigenvalue weighted by atomic mass is 9.84. The zero-order valence-electron chi connectivity index (χ0n) is 14.4. The van der Waals surface area contributed by atoms with Crippen LogP contribution < -0.4 is 0 Å². The van der Waals surface area contributed by atoms with Crippen molar-refractivity contribution in [1.82, 2.24) is 4.90 Å². The highest BCUT2D eigenvalue weighted by atomic mass is 16.2. The van der Waals surface area contributed by atoms with Crippen LogP contribution in [0.1, 0.15) is 64.1 Å². The highest BCUT2D eigenvalue weighted by Gasteiger charge is 2.45. The lowest BCUT2D eigenvalue weighted by Gasteiger charge is -2.34. The molecule has 0 N–H and O–H groups in total. The third-order valence-electron chi connectivity index (χ3n) is 5.95. The SMILES string of the molecule is CCC(C)[C@H]1Cc2ccccc2[C@H]2CC[C@@H](C(C)C)N2C1=O. The molecule has 1 aromatic carbocycles. The van der Waals surface area contributed by atoms with Gasteiger partial charge < -0.3 is 4.90 Å². The van der Waals surface area contributed by atoms with E-state index in [1.165, 1.54) is 11.1 Å². The summed E-state index contributed by atoms with van der Waals surface area (Å²) in [7, 11) is 0. The van der Waals surface area contributed by atoms with E-state index in [9.17, 15) is 4.79 Å². The van der Waals surface area contributed by atoms with Crippen LogP contribution >= 0.6 is 0 Å². The summed E-state index contributed by atoms with van der Waals surface area (Å²) in [5.74, 6) is 1.55. The molecule has 2 aliphatic heterocycles. The molecule has 2 aliphatic rings. The van der Waals surface area contributed by atoms with Gasteiger partial charge >= 0.3 is 0 Å². The number of carbonyl (C=O) groups is 1. The van der Waals surface area contributed by atoms with Crippen molar-refractivity contribution in [2.24, 2.45) is 17.8 Å². The van der Waals surface area contributed by atoms with E-state index in [4.69, 9.17) is 0 Å². The monoisotopic (exact) mass is 299 g/mol. The Kier molecular flexibility index (Phi) is 4.29. The lowest BCUT2D eigenvalue weighted by molar-refractivity contribution is -0.140. The van der Waals surface area contributed by atoms with E-state index < -0.39 is 0 Å². The van der Waals surface area contributed by atoms with Gasteiger partial charge in [0.1, 0.15) is 0 Å². The maximum atomic E-state index is 13.3. The number of fused-ring (bicyclic) bond motifs is 3. The number of benzene rings is 1. The van der Waals surface area contributed by atoms with Crippen LogP contribution in [0.2, 0.25) is 0 Å². The van der Waals surface area contributed by atoms with Crippen LogP contribution in [0, 0.1) is 17.8 Å². The van der Waals surface area contributed by atoms with Gasteiger partial charge in [-0.3, -0.25) is 4.79 Å². The average molecular weight is 299 g/mol. The molecule has 0 aromatic heterocycles. The summed E-state index contributed by atoms with van der Waals surface area (Å²) in [6.45, 7) is 8.97. The molecule has 120 valence electrons. The van der Waals surface area contributed by atoms with Crippen molar-refractivity contribution in [2.75, 3.05) is 0 Å². The minimum atomic E-state index is 0.149. The quantitative estimate of drug-likeness (QED) is 0.799. The Labute approximate surface area is 134 Å². The van der Waals surface area contributed by atoms with Crippen molar-refractivity contribution >= 4 is 5.91 Å². The first-order valence-corrected chi connectivity index (χ1v) is 8.94. The standard InChI is InChI=1S/C20H29NO/c1-5-14(4)17-12-15-8-6-7-9-16(15)19-11-10-18(13(2)3)21(19)20(17)22/h6-9,13-14,17-19H,5,10-12H2,1-4H3/t14?,17-,18+,19-/m1/s1. The summed E-state index contributed by atoms with van der Waals surface area (Å²) in [4.78, 5) is 15.6. The van der Waals surface area contributed by atoms with E-state index in [-0.39, 0.29) is 5.92 Å². The average Bonchev–Trinajstić information content (AvgIpc) is 2.92. The molecular weight excluding hydrogens is 270 g/mol. The second-order valence-electron chi connectivity index (χ2n) is 7.54. The lowest BCUT2D eigenvalue weighted by Crippen LogP contribution is -2.43. The van der Waals surface area contributed by atoms with E-state index in [0.29, 0.717) is 29.8 Å². The van der Waals surface area contributed by atoms with E-state index >= 15 is 0 Å². The van der Waals surface area contributed by atoms with Crippen LogP contribution in [-0.4, -0.2) is 16.8 Å². The fourth-order valence-electron chi connectivity index (χ4n) is 4.40. The van der Waals surface area contributed by atoms with Crippen LogP contribution in [-0.2, 0) is 11.2 Å². The van der Waals surface area contributed by atoms with Crippen LogP contribution in [0.4, 0.5) is 0 Å². The number of rotatable bonds is 3. The van der Waals surface area contributed by atoms with Gasteiger partial charge in [0, 0.05) is 12.0 Å². The molecule has 1 aromatic rings. The normalized spacial score (nSPS) is 29.2. The largest absolute Gasteiger partial charge is 0.332 e. The Hall–Kier alpha value is -1.31. The van der Waals surface area contributed by atoms with Crippen molar-refractivity contribution in [1.29, 1.82) is 0 Å². The molecule has 2 nitrogen and oxygen atoms in total. The van der Waals surface area contributed by atoms with Gasteiger partial charge in [-0.1, -0.05) is 58.4 Å². The predicted octanol–water partition coefficient (Wildman–Crippen LogP) is 4.59. The predicted molar refractivity (Wildman–Crippen MR) is 90.5 cm³/mol. The van der Waals surface area contributed by atoms with Crippen LogP contribution in [0.5, 0.6) is 0 Å². The summed E-state index contributed by atoms with van der Waals surface area (Å²) >= 11 is 0. The van der Waals surface area contributed by atoms with Crippen LogP contribution in [0.25, 0.3) is 0 Å². The number of nitrogens with zero attached hydrogens (tertiary/aromatic N) is 1. The molecule has 1 fully saturated rings. The first-order valence-electron chi connectivity index (χ1n) is 8.94. The van der Waals surface area contributed by atoms with Gasteiger partial charge in [-0.25, -0.2) is 0 Å². The fraction of sp³-hybridized carbons (Fsp3) is 0.650. The van der Waals surface area contributed by atoms with E-state index in [1.807, 2.05) is 0 Å². The van der Waals surface area contributed by atoms with Crippen molar-refractivity contribution in [2.45, 2.75) is 65.5 Å². The molecular formula is C20H29NO. The summed E-state index contributed by atoms with van der Waals surface area (Å²) in [6, 6.07) is 9.47. The molecule has 2 heterocycles. The molecule has 2 heteroatoms. The second kappa shape index (κ2) is 6.06. The first kappa shape index (κ1) is 15.6. The zero-order valence-corrected chi connectivity index (χ0v) is 14.4. The molecule has 1 unspecified atom stereocenters. The van der Waals surface area contributed by atoms with Crippen LogP contribution in [0.15, 0.2) is 24.3 Å². The van der Waals surface area contributed by atoms with Gasteiger partial charge in [-0.2, -0.15) is 0 Å². The fourth-order valence-corrected chi connectivity index (χ4v) is 4.40. The smallest absolute Gasteiger partial charge is 0.227 e. The van der Waals surface area contributed by atoms with Crippen molar-refractivity contribution in [3.05, 3.63) is 35.4 Å². The Morgan fingerprint density at radius 3 is 2.59 bits per heavy atom. The molecule has 1 amide bonds. The van der Waals surface area contributed by atoms with E-state index in [2.05, 4.69) is 56.9 Å². The van der Waals surface area contributed by atoms with Gasteiger partial charge in [0.05, 0.1) is 6.04 Å². The van der Waals surface area contributed by atoms with Gasteiger partial charge in [0.15, 0.2) is 0 Å². The maximum absolute atomic E-state index is 13.3. The molecule has 0 bridgehead atoms. The Morgan fingerprint density at radius 2 is 1.91 bits per heavy atom. The summed E-state index contributed by atoms with van der Waals surface area (Å²) in [6.07, 6.45) is 4.26. The number of hydrogen-bond donors (Lipinski definition) is 0. The third-order valence-corrected chi connectivity index (χ3v) is 5.95. The summed E-state index contributed by atoms with van der Waals surface area (Å²) < 4.78 is 0. The van der Waals surface area contributed by atoms with Gasteiger partial charge in [-0.05, 0) is 42.2 Å². The third kappa shape index (κ3) is 2.47. The maximum Gasteiger partial charge on any atom is 0.227 e. The molecule has 3 rings (SSSR count). The Balaban J connectivity index is 2.06. The van der Waals surface area contributed by atoms with E-state index in [0.717, 1.165) is 25.7 Å². The van der Waals surface area contributed by atoms with Crippen molar-refractivity contribution in [3.63, 3.8) is 0 Å². The molecule has 1 saturated heterocycles. The second-order valence-corrected chi connectivity index (χ2v) is 7.54. The van der Waals surface area contributed by atoms with Crippen molar-refractivity contribution < 1.29 is 4.79 Å². The molecule has 0 radical (unpaired) electrons. The minimum absolute atomic E-state index is 0.149. The zero-order chi connectivity index (χ0) is 15.9. The van der Waals surface area contributed by atoms with E-state index in [1.54, 1.807) is 0 Å². The number of carbonyl (C=O) groups excluding carboxylic acids is 1. The van der Waals surface area contributed by atoms with Crippen LogP contribution in [0.3, 0.4) is 0 Å². The first-order chi connectivity index (χ1) is 10.5. The summed E-state index contributed by atoms with van der Waals surface area (Å²) in [5, 5.41) is 0. The Morgan fingerprint density at radius 1 is 1.18 bits per heavy atom. The molecule has 0 aliphatic carbocycles. The summed E-state index contributed by atoms with van der Waals surface area (Å²) in [5.41, 5.74) is 2.81. The molecule has 22 heavy (non-hydrogen) atoms. The number of hydrogen-bond acceptors (Lipinski definition) is 1. The molecule has 0 saturated carbocycles. The van der Waals surface area contributed by atoms with Gasteiger partial charge in [-0.15, -0.1) is 0 Å². The highest BCUT2D eigenvalue weighted by molar-refractivity contribution is 5.81. The highest BCUT2D eigenvalue weighted by Crippen LogP contribution is 2.44. The molecule has 4 atom stereocenters.